The van der Waals surface area contributed by atoms with Crippen LogP contribution in [0, 0.1) is 0 Å². The Kier molecular flexibility index (Phi) is 2.52. The molecule has 0 bridgehead atoms. The van der Waals surface area contributed by atoms with Gasteiger partial charge in [0.2, 0.25) is 0 Å². The second-order valence-corrected chi connectivity index (χ2v) is 5.14. The number of anilines is 1. The summed E-state index contributed by atoms with van der Waals surface area (Å²) in [6, 6.07) is 3.45. The highest BCUT2D eigenvalue weighted by molar-refractivity contribution is 5.82. The number of carbonyl (C=O) groups excluding carboxylic acids is 1. The largest absolute Gasteiger partial charge is 0.471 e. The Balaban J connectivity index is 1.92. The lowest BCUT2D eigenvalue weighted by atomic mass is 9.98. The van der Waals surface area contributed by atoms with Crippen LogP contribution >= 0.6 is 0 Å². The van der Waals surface area contributed by atoms with Crippen molar-refractivity contribution in [3.8, 4) is 0 Å². The third-order valence-corrected chi connectivity index (χ3v) is 3.71. The van der Waals surface area contributed by atoms with Crippen LogP contribution in [-0.4, -0.2) is 17.0 Å². The molecule has 0 saturated heterocycles. The molecule has 1 amide bonds. The van der Waals surface area contributed by atoms with Crippen molar-refractivity contribution in [2.45, 2.75) is 38.0 Å². The molecule has 19 heavy (non-hydrogen) atoms. The topological polar surface area (TPSA) is 46.3 Å². The minimum Gasteiger partial charge on any atom is -0.398 e. The second kappa shape index (κ2) is 3.88. The fraction of sp³-hybridized carbons (Fsp3) is 0.462. The number of nitrogens with two attached hydrogens (primary N) is 1. The van der Waals surface area contributed by atoms with Gasteiger partial charge in [-0.2, -0.15) is 13.2 Å². The number of nitrogen functional groups attached to an aromatic ring is 1. The number of benzene rings is 1. The van der Waals surface area contributed by atoms with Gasteiger partial charge in [-0.05, 0) is 41.5 Å². The SMILES string of the molecule is Nc1ccc2c(c1C1CC1)CN(C(=O)C(F)(F)F)C2. The first-order chi connectivity index (χ1) is 8.88. The van der Waals surface area contributed by atoms with Gasteiger partial charge in [0.15, 0.2) is 0 Å². The molecule has 3 rings (SSSR count). The number of amides is 1. The van der Waals surface area contributed by atoms with Gasteiger partial charge >= 0.3 is 12.1 Å². The van der Waals surface area contributed by atoms with Crippen molar-refractivity contribution in [3.63, 3.8) is 0 Å². The molecule has 0 unspecified atom stereocenters. The van der Waals surface area contributed by atoms with Crippen molar-refractivity contribution >= 4 is 11.6 Å². The van der Waals surface area contributed by atoms with Gasteiger partial charge in [0.05, 0.1) is 0 Å². The Morgan fingerprint density at radius 3 is 2.53 bits per heavy atom. The van der Waals surface area contributed by atoms with E-state index in [1.54, 1.807) is 12.1 Å². The van der Waals surface area contributed by atoms with Crippen molar-refractivity contribution in [3.05, 3.63) is 28.8 Å². The molecule has 1 heterocycles. The fourth-order valence-electron chi connectivity index (χ4n) is 2.69. The maximum absolute atomic E-state index is 12.5. The van der Waals surface area contributed by atoms with E-state index in [-0.39, 0.29) is 13.1 Å². The summed E-state index contributed by atoms with van der Waals surface area (Å²) >= 11 is 0. The highest BCUT2D eigenvalue weighted by atomic mass is 19.4. The molecule has 0 aromatic heterocycles. The smallest absolute Gasteiger partial charge is 0.398 e. The van der Waals surface area contributed by atoms with Crippen LogP contribution in [0.3, 0.4) is 0 Å². The normalized spacial score (nSPS) is 18.6. The zero-order chi connectivity index (χ0) is 13.8. The predicted molar refractivity (Wildman–Crippen MR) is 63.1 cm³/mol. The maximum Gasteiger partial charge on any atom is 0.471 e. The molecular formula is C13H13F3N2O. The van der Waals surface area contributed by atoms with Crippen LogP contribution < -0.4 is 5.73 Å². The number of hydrogen-bond acceptors (Lipinski definition) is 2. The maximum atomic E-state index is 12.5. The minimum atomic E-state index is -4.81. The Hall–Kier alpha value is -1.72. The van der Waals surface area contributed by atoms with E-state index in [4.69, 9.17) is 5.73 Å². The van der Waals surface area contributed by atoms with E-state index in [2.05, 4.69) is 0 Å². The average Bonchev–Trinajstić information content (AvgIpc) is 3.05. The van der Waals surface area contributed by atoms with Crippen molar-refractivity contribution in [2.75, 3.05) is 5.73 Å². The second-order valence-electron chi connectivity index (χ2n) is 5.14. The summed E-state index contributed by atoms with van der Waals surface area (Å²) in [6.07, 6.45) is -2.77. The number of rotatable bonds is 1. The Labute approximate surface area is 108 Å². The first-order valence-corrected chi connectivity index (χ1v) is 6.14. The molecule has 1 aliphatic heterocycles. The lowest BCUT2D eigenvalue weighted by Crippen LogP contribution is -2.37. The summed E-state index contributed by atoms with van der Waals surface area (Å²) in [5.41, 5.74) is 9.10. The number of alkyl halides is 3. The summed E-state index contributed by atoms with van der Waals surface area (Å²) in [4.78, 5) is 12.1. The first kappa shape index (κ1) is 12.3. The molecule has 0 spiro atoms. The third-order valence-electron chi connectivity index (χ3n) is 3.71. The summed E-state index contributed by atoms with van der Waals surface area (Å²) in [5.74, 6) is -1.42. The standard InChI is InChI=1S/C13H13F3N2O/c14-13(15,16)12(19)18-5-8-3-4-10(17)11(7-1-2-7)9(8)6-18/h3-4,7H,1-2,5-6,17H2. The highest BCUT2D eigenvalue weighted by Crippen LogP contribution is 2.47. The molecule has 1 aliphatic carbocycles. The van der Waals surface area contributed by atoms with Crippen molar-refractivity contribution < 1.29 is 18.0 Å². The zero-order valence-corrected chi connectivity index (χ0v) is 10.1. The van der Waals surface area contributed by atoms with Crippen LogP contribution in [0.2, 0.25) is 0 Å². The molecule has 2 aliphatic rings. The van der Waals surface area contributed by atoms with Gasteiger partial charge in [0.1, 0.15) is 0 Å². The lowest BCUT2D eigenvalue weighted by Gasteiger charge is -2.17. The summed E-state index contributed by atoms with van der Waals surface area (Å²) in [7, 11) is 0. The molecule has 3 nitrogen and oxygen atoms in total. The monoisotopic (exact) mass is 270 g/mol. The zero-order valence-electron chi connectivity index (χ0n) is 10.1. The first-order valence-electron chi connectivity index (χ1n) is 6.14. The lowest BCUT2D eigenvalue weighted by molar-refractivity contribution is -0.186. The van der Waals surface area contributed by atoms with Gasteiger partial charge < -0.3 is 10.6 Å². The van der Waals surface area contributed by atoms with E-state index in [1.165, 1.54) is 0 Å². The van der Waals surface area contributed by atoms with Gasteiger partial charge in [-0.15, -0.1) is 0 Å². The summed E-state index contributed by atoms with van der Waals surface area (Å²) in [5, 5.41) is 0. The van der Waals surface area contributed by atoms with E-state index < -0.39 is 12.1 Å². The van der Waals surface area contributed by atoms with E-state index in [1.807, 2.05) is 0 Å². The van der Waals surface area contributed by atoms with E-state index >= 15 is 0 Å². The number of carbonyl (C=O) groups is 1. The van der Waals surface area contributed by atoms with Gasteiger partial charge in [-0.1, -0.05) is 6.07 Å². The molecular weight excluding hydrogens is 257 g/mol. The molecule has 1 fully saturated rings. The van der Waals surface area contributed by atoms with Gasteiger partial charge in [0.25, 0.3) is 0 Å². The van der Waals surface area contributed by atoms with Crippen LogP contribution in [0.25, 0.3) is 0 Å². The third kappa shape index (κ3) is 2.05. The molecule has 102 valence electrons. The Morgan fingerprint density at radius 1 is 1.26 bits per heavy atom. The van der Waals surface area contributed by atoms with E-state index in [9.17, 15) is 18.0 Å². The summed E-state index contributed by atoms with van der Waals surface area (Å²) in [6.45, 7) is 0.0399. The Bertz CT molecular complexity index is 550. The molecule has 1 aromatic rings. The van der Waals surface area contributed by atoms with E-state index in [0.29, 0.717) is 11.6 Å². The molecule has 2 N–H and O–H groups in total. The van der Waals surface area contributed by atoms with Crippen LogP contribution in [0.15, 0.2) is 12.1 Å². The van der Waals surface area contributed by atoms with Crippen LogP contribution in [0.4, 0.5) is 18.9 Å². The van der Waals surface area contributed by atoms with Crippen molar-refractivity contribution in [2.24, 2.45) is 0 Å². The molecule has 0 atom stereocenters. The predicted octanol–water partition coefficient (Wildman–Crippen LogP) is 2.55. The summed E-state index contributed by atoms with van der Waals surface area (Å²) < 4.78 is 37.4. The van der Waals surface area contributed by atoms with Crippen LogP contribution in [0.5, 0.6) is 0 Å². The molecule has 1 saturated carbocycles. The molecule has 1 aromatic carbocycles. The number of fused-ring (bicyclic) bond motifs is 1. The van der Waals surface area contributed by atoms with Crippen molar-refractivity contribution in [1.82, 2.24) is 4.90 Å². The van der Waals surface area contributed by atoms with Crippen LogP contribution in [0.1, 0.15) is 35.4 Å². The van der Waals surface area contributed by atoms with Crippen LogP contribution in [-0.2, 0) is 17.9 Å². The number of halogens is 3. The molecule has 6 heteroatoms. The quantitative estimate of drug-likeness (QED) is 0.797. The average molecular weight is 270 g/mol. The Morgan fingerprint density at radius 2 is 1.95 bits per heavy atom. The van der Waals surface area contributed by atoms with Gasteiger partial charge in [-0.3, -0.25) is 4.79 Å². The van der Waals surface area contributed by atoms with Gasteiger partial charge in [-0.25, -0.2) is 0 Å². The van der Waals surface area contributed by atoms with E-state index in [0.717, 1.165) is 34.4 Å². The highest BCUT2D eigenvalue weighted by Gasteiger charge is 2.45. The fourth-order valence-corrected chi connectivity index (χ4v) is 2.69. The van der Waals surface area contributed by atoms with Gasteiger partial charge in [0, 0.05) is 18.8 Å². The number of nitrogens with zero attached hydrogens (tertiary/aromatic N) is 1. The minimum absolute atomic E-state index is 0.0184. The number of hydrogen-bond donors (Lipinski definition) is 1. The molecule has 0 radical (unpaired) electrons. The van der Waals surface area contributed by atoms with Crippen molar-refractivity contribution in [1.29, 1.82) is 0 Å².